The highest BCUT2D eigenvalue weighted by molar-refractivity contribution is 7.84. The maximum absolute atomic E-state index is 11.6. The SMILES string of the molecule is COc1cc(S(C)=O)c(OC)cc1C[C@@H](C)N. The quantitative estimate of drug-likeness (QED) is 0.864. The molecule has 0 heterocycles. The van der Waals surface area contributed by atoms with Crippen LogP contribution in [0.4, 0.5) is 0 Å². The molecule has 0 aliphatic carbocycles. The highest BCUT2D eigenvalue weighted by Crippen LogP contribution is 2.31. The third kappa shape index (κ3) is 3.44. The summed E-state index contributed by atoms with van der Waals surface area (Å²) in [6, 6.07) is 3.64. The van der Waals surface area contributed by atoms with Crippen molar-refractivity contribution in [1.82, 2.24) is 0 Å². The fourth-order valence-electron chi connectivity index (χ4n) is 1.66. The van der Waals surface area contributed by atoms with Crippen molar-refractivity contribution < 1.29 is 13.7 Å². The maximum Gasteiger partial charge on any atom is 0.135 e. The Morgan fingerprint density at radius 1 is 1.29 bits per heavy atom. The van der Waals surface area contributed by atoms with E-state index in [0.29, 0.717) is 22.8 Å². The molecule has 0 amide bonds. The molecule has 0 spiro atoms. The molecule has 1 aromatic rings. The Morgan fingerprint density at radius 2 is 1.88 bits per heavy atom. The largest absolute Gasteiger partial charge is 0.496 e. The minimum absolute atomic E-state index is 0.0339. The minimum Gasteiger partial charge on any atom is -0.496 e. The van der Waals surface area contributed by atoms with Crippen molar-refractivity contribution in [2.24, 2.45) is 5.73 Å². The van der Waals surface area contributed by atoms with Crippen LogP contribution in [0.3, 0.4) is 0 Å². The van der Waals surface area contributed by atoms with Crippen molar-refractivity contribution in [3.05, 3.63) is 17.7 Å². The van der Waals surface area contributed by atoms with Crippen LogP contribution < -0.4 is 15.2 Å². The van der Waals surface area contributed by atoms with E-state index in [4.69, 9.17) is 15.2 Å². The molecule has 2 atom stereocenters. The smallest absolute Gasteiger partial charge is 0.135 e. The zero-order valence-corrected chi connectivity index (χ0v) is 11.5. The average Bonchev–Trinajstić information content (AvgIpc) is 2.27. The molecule has 0 saturated carbocycles. The first-order chi connectivity index (χ1) is 7.99. The van der Waals surface area contributed by atoms with Gasteiger partial charge in [-0.2, -0.15) is 0 Å². The average molecular weight is 257 g/mol. The van der Waals surface area contributed by atoms with Crippen LogP contribution in [-0.4, -0.2) is 30.7 Å². The molecule has 96 valence electrons. The lowest BCUT2D eigenvalue weighted by Gasteiger charge is -2.15. The van der Waals surface area contributed by atoms with E-state index in [-0.39, 0.29) is 6.04 Å². The summed E-state index contributed by atoms with van der Waals surface area (Å²) < 4.78 is 22.1. The Balaban J connectivity index is 3.27. The third-order valence-corrected chi connectivity index (χ3v) is 3.36. The van der Waals surface area contributed by atoms with Crippen molar-refractivity contribution >= 4 is 10.8 Å². The van der Waals surface area contributed by atoms with Gasteiger partial charge in [-0.25, -0.2) is 0 Å². The maximum atomic E-state index is 11.6. The zero-order chi connectivity index (χ0) is 13.0. The van der Waals surface area contributed by atoms with E-state index in [1.54, 1.807) is 26.5 Å². The van der Waals surface area contributed by atoms with Gasteiger partial charge in [0.05, 0.1) is 29.9 Å². The van der Waals surface area contributed by atoms with E-state index in [1.165, 1.54) is 0 Å². The first kappa shape index (κ1) is 14.0. The monoisotopic (exact) mass is 257 g/mol. The van der Waals surface area contributed by atoms with Crippen LogP contribution in [0.2, 0.25) is 0 Å². The summed E-state index contributed by atoms with van der Waals surface area (Å²) >= 11 is 0. The van der Waals surface area contributed by atoms with E-state index in [2.05, 4.69) is 0 Å². The molecule has 0 aliphatic heterocycles. The summed E-state index contributed by atoms with van der Waals surface area (Å²) in [5, 5.41) is 0. The predicted molar refractivity (Wildman–Crippen MR) is 69.2 cm³/mol. The van der Waals surface area contributed by atoms with Crippen molar-refractivity contribution in [1.29, 1.82) is 0 Å². The zero-order valence-electron chi connectivity index (χ0n) is 10.6. The molecular weight excluding hydrogens is 238 g/mol. The number of rotatable bonds is 5. The van der Waals surface area contributed by atoms with E-state index in [1.807, 2.05) is 13.0 Å². The van der Waals surface area contributed by atoms with Crippen molar-refractivity contribution in [2.75, 3.05) is 20.5 Å². The van der Waals surface area contributed by atoms with Crippen LogP contribution >= 0.6 is 0 Å². The lowest BCUT2D eigenvalue weighted by molar-refractivity contribution is 0.389. The molecule has 1 rings (SSSR count). The molecular formula is C12H19NO3S. The Morgan fingerprint density at radius 3 is 2.29 bits per heavy atom. The predicted octanol–water partition coefficient (Wildman–Crippen LogP) is 1.33. The third-order valence-electron chi connectivity index (χ3n) is 2.42. The van der Waals surface area contributed by atoms with Gasteiger partial charge in [0.2, 0.25) is 0 Å². The van der Waals surface area contributed by atoms with Gasteiger partial charge in [-0.1, -0.05) is 0 Å². The van der Waals surface area contributed by atoms with Gasteiger partial charge in [0, 0.05) is 18.4 Å². The van der Waals surface area contributed by atoms with Gasteiger partial charge in [0.15, 0.2) is 0 Å². The van der Waals surface area contributed by atoms with Crippen molar-refractivity contribution in [3.8, 4) is 11.5 Å². The van der Waals surface area contributed by atoms with Crippen LogP contribution in [0.5, 0.6) is 11.5 Å². The normalized spacial score (nSPS) is 14.2. The van der Waals surface area contributed by atoms with Gasteiger partial charge < -0.3 is 15.2 Å². The standard InChI is InChI=1S/C12H19NO3S/c1-8(13)5-9-6-11(16-3)12(17(4)14)7-10(9)15-2/h6-8H,5,13H2,1-4H3/t8-,17?/m1/s1. The lowest BCUT2D eigenvalue weighted by Crippen LogP contribution is -2.18. The topological polar surface area (TPSA) is 61.5 Å². The molecule has 0 aliphatic rings. The summed E-state index contributed by atoms with van der Waals surface area (Å²) in [5.74, 6) is 1.32. The Labute approximate surface area is 105 Å². The Kier molecular flexibility index (Phi) is 4.96. The number of methoxy groups -OCH3 is 2. The van der Waals surface area contributed by atoms with E-state index >= 15 is 0 Å². The molecule has 0 aromatic heterocycles. The van der Waals surface area contributed by atoms with Crippen molar-refractivity contribution in [3.63, 3.8) is 0 Å². The molecule has 1 unspecified atom stereocenters. The van der Waals surface area contributed by atoms with E-state index in [9.17, 15) is 4.21 Å². The van der Waals surface area contributed by atoms with Crippen LogP contribution in [0.15, 0.2) is 17.0 Å². The van der Waals surface area contributed by atoms with Gasteiger partial charge in [0.1, 0.15) is 11.5 Å². The van der Waals surface area contributed by atoms with Gasteiger partial charge in [0.25, 0.3) is 0 Å². The molecule has 17 heavy (non-hydrogen) atoms. The molecule has 4 nitrogen and oxygen atoms in total. The first-order valence-corrected chi connectivity index (χ1v) is 6.89. The number of benzene rings is 1. The summed E-state index contributed by atoms with van der Waals surface area (Å²) in [6.45, 7) is 1.93. The molecule has 0 fully saturated rings. The van der Waals surface area contributed by atoms with E-state index < -0.39 is 10.8 Å². The summed E-state index contributed by atoms with van der Waals surface area (Å²) in [5.41, 5.74) is 6.75. The van der Waals surface area contributed by atoms with Crippen LogP contribution in [0.1, 0.15) is 12.5 Å². The van der Waals surface area contributed by atoms with Crippen LogP contribution in [0.25, 0.3) is 0 Å². The summed E-state index contributed by atoms with van der Waals surface area (Å²) in [4.78, 5) is 0.637. The highest BCUT2D eigenvalue weighted by Gasteiger charge is 2.14. The second-order valence-electron chi connectivity index (χ2n) is 3.95. The molecule has 0 saturated heterocycles. The van der Waals surface area contributed by atoms with Gasteiger partial charge >= 0.3 is 0 Å². The lowest BCUT2D eigenvalue weighted by atomic mass is 10.1. The molecule has 0 bridgehead atoms. The second-order valence-corrected chi connectivity index (χ2v) is 5.30. The second kappa shape index (κ2) is 6.02. The molecule has 2 N–H and O–H groups in total. The summed E-state index contributed by atoms with van der Waals surface area (Å²) in [7, 11) is 2.05. The number of nitrogens with two attached hydrogens (primary N) is 1. The molecule has 1 aromatic carbocycles. The van der Waals surface area contributed by atoms with Crippen molar-refractivity contribution in [2.45, 2.75) is 24.3 Å². The Bertz CT molecular complexity index is 418. The van der Waals surface area contributed by atoms with Gasteiger partial charge in [-0.15, -0.1) is 0 Å². The van der Waals surface area contributed by atoms with Gasteiger partial charge in [-0.3, -0.25) is 4.21 Å². The summed E-state index contributed by atoms with van der Waals surface area (Å²) in [6.07, 6.45) is 2.30. The van der Waals surface area contributed by atoms with Crippen LogP contribution in [-0.2, 0) is 17.2 Å². The molecule has 5 heteroatoms. The van der Waals surface area contributed by atoms with Gasteiger partial charge in [-0.05, 0) is 25.0 Å². The number of ether oxygens (including phenoxy) is 2. The molecule has 0 radical (unpaired) electrons. The number of hydrogen-bond donors (Lipinski definition) is 1. The fraction of sp³-hybridized carbons (Fsp3) is 0.500. The highest BCUT2D eigenvalue weighted by atomic mass is 32.2. The first-order valence-electron chi connectivity index (χ1n) is 5.33. The minimum atomic E-state index is -1.11. The Hall–Kier alpha value is -1.07. The number of hydrogen-bond acceptors (Lipinski definition) is 4. The van der Waals surface area contributed by atoms with Crippen LogP contribution in [0, 0.1) is 0 Å². The van der Waals surface area contributed by atoms with E-state index in [0.717, 1.165) is 5.56 Å². The fourth-order valence-corrected chi connectivity index (χ4v) is 2.36.